The average molecular weight is 266 g/mol. The summed E-state index contributed by atoms with van der Waals surface area (Å²) in [5.74, 6) is 0. The monoisotopic (exact) mass is 266 g/mol. The Morgan fingerprint density at radius 1 is 1.25 bits per heavy atom. The molecule has 0 aliphatic rings. The van der Waals surface area contributed by atoms with Gasteiger partial charge in [0.05, 0.1) is 23.6 Å². The van der Waals surface area contributed by atoms with E-state index in [1.807, 2.05) is 25.1 Å². The van der Waals surface area contributed by atoms with Crippen molar-refractivity contribution in [2.75, 3.05) is 0 Å². The van der Waals surface area contributed by atoms with Crippen LogP contribution in [0.25, 0.3) is 16.8 Å². The van der Waals surface area contributed by atoms with E-state index in [4.69, 9.17) is 0 Å². The molecule has 0 aliphatic heterocycles. The molecule has 0 saturated heterocycles. The van der Waals surface area contributed by atoms with Crippen molar-refractivity contribution in [2.24, 2.45) is 0 Å². The molecule has 0 aliphatic carbocycles. The first-order valence-electron chi connectivity index (χ1n) is 6.45. The molecule has 3 aromatic rings. The highest BCUT2D eigenvalue weighted by Gasteiger charge is 2.08. The topological polar surface area (TPSA) is 63.6 Å². The Kier molecular flexibility index (Phi) is 3.16. The molecule has 3 heterocycles. The third kappa shape index (κ3) is 2.14. The van der Waals surface area contributed by atoms with E-state index in [-0.39, 0.29) is 5.56 Å². The number of nitrogens with one attached hydrogen (secondary N) is 1. The minimum atomic E-state index is -0.0834. The van der Waals surface area contributed by atoms with Crippen LogP contribution >= 0.6 is 0 Å². The lowest BCUT2D eigenvalue weighted by Gasteiger charge is -2.07. The summed E-state index contributed by atoms with van der Waals surface area (Å²) in [5, 5.41) is 6.60. The Hall–Kier alpha value is -2.69. The smallest absolute Gasteiger partial charge is 0.263 e. The normalized spacial score (nSPS) is 10.7. The SMILES string of the molecule is CCc1ccc(-n2cccc(-c3cn[nH]c3)c2=O)cn1. The highest BCUT2D eigenvalue weighted by Crippen LogP contribution is 2.13. The number of aromatic nitrogens is 4. The maximum Gasteiger partial charge on any atom is 0.263 e. The van der Waals surface area contributed by atoms with Crippen LogP contribution in [0, 0.1) is 0 Å². The molecular weight excluding hydrogens is 252 g/mol. The van der Waals surface area contributed by atoms with E-state index in [2.05, 4.69) is 15.2 Å². The maximum atomic E-state index is 12.5. The summed E-state index contributed by atoms with van der Waals surface area (Å²) in [6, 6.07) is 7.48. The number of aromatic amines is 1. The Labute approximate surface area is 115 Å². The number of nitrogens with zero attached hydrogens (tertiary/aromatic N) is 3. The number of hydrogen-bond acceptors (Lipinski definition) is 3. The van der Waals surface area contributed by atoms with Gasteiger partial charge in [0, 0.05) is 23.7 Å². The molecule has 0 atom stereocenters. The van der Waals surface area contributed by atoms with Crippen molar-refractivity contribution in [1.29, 1.82) is 0 Å². The molecule has 0 amide bonds. The third-order valence-electron chi connectivity index (χ3n) is 3.21. The van der Waals surface area contributed by atoms with Gasteiger partial charge in [-0.25, -0.2) is 0 Å². The third-order valence-corrected chi connectivity index (χ3v) is 3.21. The highest BCUT2D eigenvalue weighted by atomic mass is 16.1. The van der Waals surface area contributed by atoms with Crippen LogP contribution in [0.15, 0.2) is 53.8 Å². The van der Waals surface area contributed by atoms with Gasteiger partial charge in [-0.3, -0.25) is 19.4 Å². The van der Waals surface area contributed by atoms with Gasteiger partial charge in [0.25, 0.3) is 5.56 Å². The summed E-state index contributed by atoms with van der Waals surface area (Å²) >= 11 is 0. The molecule has 3 aromatic heterocycles. The van der Waals surface area contributed by atoms with Crippen molar-refractivity contribution in [3.8, 4) is 16.8 Å². The largest absolute Gasteiger partial charge is 0.285 e. The fourth-order valence-corrected chi connectivity index (χ4v) is 2.08. The molecule has 5 heteroatoms. The van der Waals surface area contributed by atoms with Crippen molar-refractivity contribution < 1.29 is 0 Å². The Morgan fingerprint density at radius 3 is 2.80 bits per heavy atom. The van der Waals surface area contributed by atoms with Gasteiger partial charge in [0.15, 0.2) is 0 Å². The second-order valence-electron chi connectivity index (χ2n) is 4.45. The lowest BCUT2D eigenvalue weighted by Crippen LogP contribution is -2.19. The molecule has 0 radical (unpaired) electrons. The number of pyridine rings is 2. The summed E-state index contributed by atoms with van der Waals surface area (Å²) in [4.78, 5) is 16.8. The van der Waals surface area contributed by atoms with E-state index in [1.54, 1.807) is 35.4 Å². The molecule has 0 aromatic carbocycles. The zero-order valence-electron chi connectivity index (χ0n) is 11.1. The first kappa shape index (κ1) is 12.3. The summed E-state index contributed by atoms with van der Waals surface area (Å²) in [6.07, 6.45) is 7.69. The lowest BCUT2D eigenvalue weighted by atomic mass is 10.1. The van der Waals surface area contributed by atoms with Crippen molar-refractivity contribution in [3.05, 3.63) is 65.1 Å². The minimum Gasteiger partial charge on any atom is -0.285 e. The van der Waals surface area contributed by atoms with E-state index in [9.17, 15) is 4.79 Å². The van der Waals surface area contributed by atoms with Gasteiger partial charge in [-0.15, -0.1) is 0 Å². The summed E-state index contributed by atoms with van der Waals surface area (Å²) < 4.78 is 1.59. The van der Waals surface area contributed by atoms with E-state index in [0.717, 1.165) is 23.4 Å². The summed E-state index contributed by atoms with van der Waals surface area (Å²) in [5.41, 5.74) is 3.08. The minimum absolute atomic E-state index is 0.0834. The maximum absolute atomic E-state index is 12.5. The van der Waals surface area contributed by atoms with Gasteiger partial charge in [-0.05, 0) is 30.7 Å². The standard InChI is InChI=1S/C15H14N4O/c1-2-12-5-6-13(10-16-12)19-7-3-4-14(15(19)20)11-8-17-18-9-11/h3-10H,2H2,1H3,(H,17,18). The fourth-order valence-electron chi connectivity index (χ4n) is 2.08. The quantitative estimate of drug-likeness (QED) is 0.790. The highest BCUT2D eigenvalue weighted by molar-refractivity contribution is 5.60. The van der Waals surface area contributed by atoms with Crippen molar-refractivity contribution in [2.45, 2.75) is 13.3 Å². The summed E-state index contributed by atoms with van der Waals surface area (Å²) in [7, 11) is 0. The first-order chi connectivity index (χ1) is 9.79. The number of aryl methyl sites for hydroxylation is 1. The average Bonchev–Trinajstić information content (AvgIpc) is 3.02. The zero-order chi connectivity index (χ0) is 13.9. The molecule has 0 saturated carbocycles. The Balaban J connectivity index is 2.10. The molecule has 100 valence electrons. The lowest BCUT2D eigenvalue weighted by molar-refractivity contribution is 0.958. The van der Waals surface area contributed by atoms with Gasteiger partial charge in [0.1, 0.15) is 0 Å². The van der Waals surface area contributed by atoms with Gasteiger partial charge >= 0.3 is 0 Å². The second kappa shape index (κ2) is 5.13. The van der Waals surface area contributed by atoms with Crippen LogP contribution < -0.4 is 5.56 Å². The van der Waals surface area contributed by atoms with Crippen LogP contribution in [-0.2, 0) is 6.42 Å². The molecule has 5 nitrogen and oxygen atoms in total. The van der Waals surface area contributed by atoms with Crippen LogP contribution in [0.5, 0.6) is 0 Å². The Morgan fingerprint density at radius 2 is 2.15 bits per heavy atom. The molecule has 3 rings (SSSR count). The molecule has 0 bridgehead atoms. The molecule has 1 N–H and O–H groups in total. The van der Waals surface area contributed by atoms with Crippen molar-refractivity contribution in [1.82, 2.24) is 19.7 Å². The second-order valence-corrected chi connectivity index (χ2v) is 4.45. The van der Waals surface area contributed by atoms with Gasteiger partial charge in [0.2, 0.25) is 0 Å². The predicted octanol–water partition coefficient (Wildman–Crippen LogP) is 2.18. The fraction of sp³-hybridized carbons (Fsp3) is 0.133. The molecule has 0 spiro atoms. The first-order valence-corrected chi connectivity index (χ1v) is 6.45. The number of H-pyrrole nitrogens is 1. The van der Waals surface area contributed by atoms with Crippen LogP contribution in [0.1, 0.15) is 12.6 Å². The van der Waals surface area contributed by atoms with Crippen molar-refractivity contribution in [3.63, 3.8) is 0 Å². The van der Waals surface area contributed by atoms with Crippen LogP contribution in [0.2, 0.25) is 0 Å². The molecule has 0 fully saturated rings. The molecule has 0 unspecified atom stereocenters. The van der Waals surface area contributed by atoms with E-state index in [0.29, 0.717) is 5.56 Å². The molecular formula is C15H14N4O. The van der Waals surface area contributed by atoms with Gasteiger partial charge in [-0.1, -0.05) is 6.92 Å². The van der Waals surface area contributed by atoms with Crippen molar-refractivity contribution >= 4 is 0 Å². The van der Waals surface area contributed by atoms with E-state index in [1.165, 1.54) is 0 Å². The van der Waals surface area contributed by atoms with E-state index < -0.39 is 0 Å². The molecule has 20 heavy (non-hydrogen) atoms. The van der Waals surface area contributed by atoms with Crippen LogP contribution in [0.3, 0.4) is 0 Å². The number of rotatable bonds is 3. The van der Waals surface area contributed by atoms with E-state index >= 15 is 0 Å². The van der Waals surface area contributed by atoms with Crippen LogP contribution in [0.4, 0.5) is 0 Å². The summed E-state index contributed by atoms with van der Waals surface area (Å²) in [6.45, 7) is 2.05. The van der Waals surface area contributed by atoms with Gasteiger partial charge in [-0.2, -0.15) is 5.10 Å². The number of hydrogen-bond donors (Lipinski definition) is 1. The Bertz CT molecular complexity index is 757. The van der Waals surface area contributed by atoms with Gasteiger partial charge < -0.3 is 0 Å². The zero-order valence-corrected chi connectivity index (χ0v) is 11.1. The van der Waals surface area contributed by atoms with Crippen LogP contribution in [-0.4, -0.2) is 19.7 Å². The predicted molar refractivity (Wildman–Crippen MR) is 76.8 cm³/mol.